The molecule has 1 saturated heterocycles. The van der Waals surface area contributed by atoms with E-state index in [1.54, 1.807) is 20.3 Å². The van der Waals surface area contributed by atoms with Crippen molar-refractivity contribution in [2.75, 3.05) is 39.4 Å². The molecule has 5 rings (SSSR count). The van der Waals surface area contributed by atoms with Gasteiger partial charge in [-0.2, -0.15) is 0 Å². The van der Waals surface area contributed by atoms with Crippen LogP contribution in [0.3, 0.4) is 0 Å². The van der Waals surface area contributed by atoms with Gasteiger partial charge in [-0.3, -0.25) is 14.5 Å². The van der Waals surface area contributed by atoms with Gasteiger partial charge in [-0.15, -0.1) is 0 Å². The summed E-state index contributed by atoms with van der Waals surface area (Å²) < 4.78 is 21.8. The number of rotatable bonds is 9. The molecule has 0 spiro atoms. The van der Waals surface area contributed by atoms with E-state index < -0.39 is 17.9 Å². The molecule has 9 heteroatoms. The van der Waals surface area contributed by atoms with Crippen molar-refractivity contribution in [2.24, 2.45) is 5.92 Å². The van der Waals surface area contributed by atoms with Crippen LogP contribution in [0.5, 0.6) is 23.0 Å². The number of carboxylic acids is 1. The van der Waals surface area contributed by atoms with Crippen molar-refractivity contribution in [3.05, 3.63) is 77.4 Å². The second-order valence-electron chi connectivity index (χ2n) is 9.63. The first kappa shape index (κ1) is 26.4. The smallest absolute Gasteiger partial charge is 0.309 e. The highest BCUT2D eigenvalue weighted by molar-refractivity contribution is 5.94. The van der Waals surface area contributed by atoms with Crippen LogP contribution in [0, 0.1) is 5.92 Å². The lowest BCUT2D eigenvalue weighted by Gasteiger charge is -2.27. The summed E-state index contributed by atoms with van der Waals surface area (Å²) >= 11 is 0. The summed E-state index contributed by atoms with van der Waals surface area (Å²) in [6.45, 7) is 2.52. The van der Waals surface area contributed by atoms with Gasteiger partial charge in [0.25, 0.3) is 0 Å². The van der Waals surface area contributed by atoms with Crippen molar-refractivity contribution < 1.29 is 33.6 Å². The fourth-order valence-corrected chi connectivity index (χ4v) is 5.62. The summed E-state index contributed by atoms with van der Waals surface area (Å²) in [4.78, 5) is 28.2. The fourth-order valence-electron chi connectivity index (χ4n) is 5.62. The Morgan fingerprint density at radius 3 is 2.44 bits per heavy atom. The van der Waals surface area contributed by atoms with Crippen molar-refractivity contribution >= 4 is 17.6 Å². The molecule has 2 N–H and O–H groups in total. The minimum atomic E-state index is -0.931. The van der Waals surface area contributed by atoms with E-state index in [1.807, 2.05) is 66.4 Å². The second-order valence-corrected chi connectivity index (χ2v) is 9.63. The summed E-state index contributed by atoms with van der Waals surface area (Å²) in [5, 5.41) is 13.5. The Hall–Kier alpha value is -4.24. The standard InChI is InChI=1S/C30H32N2O7/c1-4-18-6-5-7-24(37-3)28(18)31-26(33)16-32-15-22(20-10-13-23-25(14-20)39-17-38-23)27(30(34)35)29(32)19-8-11-21(36-2)12-9-19/h5-14,22,27,29H,4,15-17H2,1-3H3,(H,31,33)(H,34,35)/t22-,27-,29+/m1/s1. The Balaban J connectivity index is 1.49. The monoisotopic (exact) mass is 532 g/mol. The van der Waals surface area contributed by atoms with E-state index in [9.17, 15) is 14.7 Å². The summed E-state index contributed by atoms with van der Waals surface area (Å²) in [5.74, 6) is 0.120. The molecule has 2 aliphatic rings. The van der Waals surface area contributed by atoms with Gasteiger partial charge in [0.1, 0.15) is 11.5 Å². The molecule has 2 aliphatic heterocycles. The minimum Gasteiger partial charge on any atom is -0.497 e. The number of fused-ring (bicyclic) bond motifs is 1. The molecular formula is C30H32N2O7. The van der Waals surface area contributed by atoms with Crippen LogP contribution in [-0.2, 0) is 16.0 Å². The molecule has 9 nitrogen and oxygen atoms in total. The highest BCUT2D eigenvalue weighted by Crippen LogP contribution is 2.47. The summed E-state index contributed by atoms with van der Waals surface area (Å²) in [6, 6.07) is 18.0. The molecule has 3 aromatic carbocycles. The number of likely N-dealkylation sites (tertiary alicyclic amines) is 1. The third-order valence-corrected chi connectivity index (χ3v) is 7.49. The number of anilines is 1. The second kappa shape index (κ2) is 11.2. The molecule has 39 heavy (non-hydrogen) atoms. The third kappa shape index (κ3) is 5.22. The van der Waals surface area contributed by atoms with E-state index in [-0.39, 0.29) is 25.2 Å². The molecule has 0 aliphatic carbocycles. The van der Waals surface area contributed by atoms with E-state index in [0.29, 0.717) is 35.2 Å². The zero-order valence-electron chi connectivity index (χ0n) is 22.2. The number of para-hydroxylation sites is 1. The number of nitrogens with zero attached hydrogens (tertiary/aromatic N) is 1. The van der Waals surface area contributed by atoms with E-state index in [0.717, 1.165) is 23.1 Å². The number of methoxy groups -OCH3 is 2. The first-order valence-electron chi connectivity index (χ1n) is 12.9. The Labute approximate surface area is 227 Å². The van der Waals surface area contributed by atoms with Crippen LogP contribution in [0.1, 0.15) is 35.6 Å². The highest BCUT2D eigenvalue weighted by Gasteiger charge is 2.48. The van der Waals surface area contributed by atoms with Gasteiger partial charge < -0.3 is 29.4 Å². The number of benzene rings is 3. The summed E-state index contributed by atoms with van der Waals surface area (Å²) in [7, 11) is 3.15. The van der Waals surface area contributed by atoms with Crippen molar-refractivity contribution in [2.45, 2.75) is 25.3 Å². The molecule has 0 bridgehead atoms. The number of carbonyl (C=O) groups is 2. The van der Waals surface area contributed by atoms with E-state index in [2.05, 4.69) is 5.32 Å². The van der Waals surface area contributed by atoms with Gasteiger partial charge in [0.05, 0.1) is 32.4 Å². The molecule has 0 saturated carbocycles. The van der Waals surface area contributed by atoms with Gasteiger partial charge in [-0.1, -0.05) is 37.3 Å². The Kier molecular flexibility index (Phi) is 7.60. The number of carbonyl (C=O) groups excluding carboxylic acids is 1. The lowest BCUT2D eigenvalue weighted by Crippen LogP contribution is -2.35. The van der Waals surface area contributed by atoms with Crippen LogP contribution >= 0.6 is 0 Å². The first-order valence-corrected chi connectivity index (χ1v) is 12.9. The van der Waals surface area contributed by atoms with Crippen molar-refractivity contribution in [1.82, 2.24) is 4.90 Å². The van der Waals surface area contributed by atoms with Crippen LogP contribution in [0.25, 0.3) is 0 Å². The fraction of sp³-hybridized carbons (Fsp3) is 0.333. The molecular weight excluding hydrogens is 500 g/mol. The molecule has 204 valence electrons. The quantitative estimate of drug-likeness (QED) is 0.416. The minimum absolute atomic E-state index is 0.00271. The molecule has 1 fully saturated rings. The average Bonchev–Trinajstić information content (AvgIpc) is 3.57. The predicted molar refractivity (Wildman–Crippen MR) is 145 cm³/mol. The Bertz CT molecular complexity index is 1340. The molecule has 1 amide bonds. The van der Waals surface area contributed by atoms with Crippen molar-refractivity contribution in [3.63, 3.8) is 0 Å². The number of hydrogen-bond donors (Lipinski definition) is 2. The highest BCUT2D eigenvalue weighted by atomic mass is 16.7. The predicted octanol–water partition coefficient (Wildman–Crippen LogP) is 4.47. The maximum absolute atomic E-state index is 13.4. The Morgan fingerprint density at radius 1 is 1.00 bits per heavy atom. The van der Waals surface area contributed by atoms with Crippen LogP contribution in [0.2, 0.25) is 0 Å². The SMILES string of the molecule is CCc1cccc(OC)c1NC(=O)CN1C[C@H](c2ccc3c(c2)OCO3)[C@@H](C(=O)O)[C@@H]1c1ccc(OC)cc1. The number of aliphatic carboxylic acids is 1. The van der Waals surface area contributed by atoms with Gasteiger partial charge in [-0.05, 0) is 53.4 Å². The maximum Gasteiger partial charge on any atom is 0.309 e. The van der Waals surface area contributed by atoms with Gasteiger partial charge in [0, 0.05) is 18.5 Å². The van der Waals surface area contributed by atoms with Crippen molar-refractivity contribution in [3.8, 4) is 23.0 Å². The van der Waals surface area contributed by atoms with Crippen molar-refractivity contribution in [1.29, 1.82) is 0 Å². The van der Waals surface area contributed by atoms with Crippen LogP contribution in [-0.4, -0.2) is 56.0 Å². The molecule has 3 atom stereocenters. The molecule has 0 unspecified atom stereocenters. The largest absolute Gasteiger partial charge is 0.497 e. The normalized spacial score (nSPS) is 20.0. The van der Waals surface area contributed by atoms with Gasteiger partial charge in [0.2, 0.25) is 12.7 Å². The van der Waals surface area contributed by atoms with E-state index in [1.165, 1.54) is 0 Å². The maximum atomic E-state index is 13.4. The molecule has 0 aromatic heterocycles. The summed E-state index contributed by atoms with van der Waals surface area (Å²) in [6.07, 6.45) is 0.721. The molecule has 0 radical (unpaired) electrons. The number of ether oxygens (including phenoxy) is 4. The van der Waals surface area contributed by atoms with Crippen LogP contribution in [0.4, 0.5) is 5.69 Å². The number of carboxylic acid groups (broad SMARTS) is 1. The first-order chi connectivity index (χ1) is 18.9. The molecule has 3 aromatic rings. The lowest BCUT2D eigenvalue weighted by molar-refractivity contribution is -0.143. The molecule has 2 heterocycles. The number of hydrogen-bond acceptors (Lipinski definition) is 7. The third-order valence-electron chi connectivity index (χ3n) is 7.49. The lowest BCUT2D eigenvalue weighted by atomic mass is 9.82. The topological polar surface area (TPSA) is 107 Å². The number of amides is 1. The van der Waals surface area contributed by atoms with Crippen LogP contribution < -0.4 is 24.3 Å². The Morgan fingerprint density at radius 2 is 1.74 bits per heavy atom. The number of nitrogens with one attached hydrogen (secondary N) is 1. The summed E-state index contributed by atoms with van der Waals surface area (Å²) in [5.41, 5.74) is 3.21. The van der Waals surface area contributed by atoms with E-state index in [4.69, 9.17) is 18.9 Å². The van der Waals surface area contributed by atoms with Gasteiger partial charge >= 0.3 is 5.97 Å². The van der Waals surface area contributed by atoms with Gasteiger partial charge in [0.15, 0.2) is 11.5 Å². The van der Waals surface area contributed by atoms with Crippen LogP contribution in [0.15, 0.2) is 60.7 Å². The average molecular weight is 533 g/mol. The zero-order chi connectivity index (χ0) is 27.5. The zero-order valence-corrected chi connectivity index (χ0v) is 22.2. The van der Waals surface area contributed by atoms with Gasteiger partial charge in [-0.25, -0.2) is 0 Å². The number of aryl methyl sites for hydroxylation is 1. The van der Waals surface area contributed by atoms with E-state index >= 15 is 0 Å².